The third kappa shape index (κ3) is 8.91. The molecule has 0 aliphatic carbocycles. The summed E-state index contributed by atoms with van der Waals surface area (Å²) in [5.74, 6) is -0.518. The van der Waals surface area contributed by atoms with E-state index in [-0.39, 0.29) is 36.2 Å². The van der Waals surface area contributed by atoms with Crippen molar-refractivity contribution in [2.24, 2.45) is 0 Å². The average molecular weight is 584 g/mol. The van der Waals surface area contributed by atoms with E-state index in [9.17, 15) is 18.0 Å². The van der Waals surface area contributed by atoms with Gasteiger partial charge in [0.05, 0.1) is 4.90 Å². The fourth-order valence-electron chi connectivity index (χ4n) is 4.31. The topological polar surface area (TPSA) is 86.8 Å². The average Bonchev–Trinajstić information content (AvgIpc) is 2.91. The molecule has 40 heavy (non-hydrogen) atoms. The fourth-order valence-corrected chi connectivity index (χ4v) is 5.73. The van der Waals surface area contributed by atoms with E-state index in [1.54, 1.807) is 41.3 Å². The number of carbonyl (C=O) groups is 2. The first kappa shape index (κ1) is 31.3. The molecule has 0 aromatic heterocycles. The van der Waals surface area contributed by atoms with Gasteiger partial charge in [-0.15, -0.1) is 0 Å². The molecule has 9 heteroatoms. The van der Waals surface area contributed by atoms with E-state index in [2.05, 4.69) is 5.32 Å². The summed E-state index contributed by atoms with van der Waals surface area (Å²) in [6, 6.07) is 24.2. The number of rotatable bonds is 12. The molecule has 0 saturated carbocycles. The van der Waals surface area contributed by atoms with Gasteiger partial charge in [0, 0.05) is 43.5 Å². The molecule has 1 N–H and O–H groups in total. The molecule has 0 spiro atoms. The Balaban J connectivity index is 1.85. The normalized spacial score (nSPS) is 12.7. The number of hydrogen-bond acceptors (Lipinski definition) is 4. The minimum absolute atomic E-state index is 0.0627. The molecule has 0 aliphatic heterocycles. The molecule has 0 fully saturated rings. The zero-order chi connectivity index (χ0) is 29.3. The summed E-state index contributed by atoms with van der Waals surface area (Å²) in [7, 11) is -2.17. The number of carbonyl (C=O) groups excluding carboxylic acids is 2. The van der Waals surface area contributed by atoms with Crippen LogP contribution >= 0.6 is 11.6 Å². The Morgan fingerprint density at radius 2 is 1.48 bits per heavy atom. The van der Waals surface area contributed by atoms with E-state index < -0.39 is 21.6 Å². The molecule has 0 bridgehead atoms. The number of nitrogens with one attached hydrogen (secondary N) is 1. The molecule has 7 nitrogen and oxygen atoms in total. The number of nitrogens with zero attached hydrogens (tertiary/aromatic N) is 2. The summed E-state index contributed by atoms with van der Waals surface area (Å²) in [6.07, 6.45) is 0.674. The number of amides is 2. The number of sulfonamides is 1. The molecule has 0 aliphatic rings. The van der Waals surface area contributed by atoms with Crippen LogP contribution < -0.4 is 5.32 Å². The Labute approximate surface area is 243 Å². The molecule has 0 unspecified atom stereocenters. The first-order chi connectivity index (χ1) is 18.9. The molecular weight excluding hydrogens is 546 g/mol. The summed E-state index contributed by atoms with van der Waals surface area (Å²) in [5.41, 5.74) is 1.14. The smallest absolute Gasteiger partial charge is 0.243 e. The van der Waals surface area contributed by atoms with Crippen LogP contribution in [0.25, 0.3) is 0 Å². The van der Waals surface area contributed by atoms with E-state index in [0.29, 0.717) is 17.9 Å². The van der Waals surface area contributed by atoms with Crippen LogP contribution in [0.1, 0.15) is 44.7 Å². The highest BCUT2D eigenvalue weighted by molar-refractivity contribution is 7.89. The highest BCUT2D eigenvalue weighted by atomic mass is 35.5. The predicted octanol–water partition coefficient (Wildman–Crippen LogP) is 5.30. The highest BCUT2D eigenvalue weighted by Gasteiger charge is 2.32. The number of halogens is 1. The lowest BCUT2D eigenvalue weighted by Crippen LogP contribution is -2.54. The van der Waals surface area contributed by atoms with Gasteiger partial charge in [0.2, 0.25) is 21.8 Å². The molecular formula is C31H38ClN3O4S. The van der Waals surface area contributed by atoms with E-state index >= 15 is 0 Å². The molecule has 3 aromatic rings. The number of benzene rings is 3. The second-order valence-corrected chi connectivity index (χ2v) is 13.3. The second kappa shape index (κ2) is 13.9. The van der Waals surface area contributed by atoms with Crippen molar-refractivity contribution in [3.8, 4) is 0 Å². The molecule has 0 radical (unpaired) electrons. The standard InChI is InChI=1S/C31H38ClN3O4S/c1-31(2,3)33-30(37)28(22-24-14-7-5-8-15-24)35(23-25-16-11-12-19-27(25)32)29(36)20-13-21-34(4)40(38,39)26-17-9-6-10-18-26/h5-12,14-19,28H,13,20-23H2,1-4H3,(H,33,37)/t28-/m1/s1. The lowest BCUT2D eigenvalue weighted by Gasteiger charge is -2.34. The Kier molecular flexibility index (Phi) is 10.9. The minimum atomic E-state index is -3.68. The SMILES string of the molecule is CN(CCCC(=O)N(Cc1ccccc1Cl)[C@H](Cc1ccccc1)C(=O)NC(C)(C)C)S(=O)(=O)c1ccccc1. The molecule has 3 rings (SSSR count). The summed E-state index contributed by atoms with van der Waals surface area (Å²) < 4.78 is 27.1. The zero-order valence-corrected chi connectivity index (χ0v) is 25.1. The van der Waals surface area contributed by atoms with Crippen LogP contribution in [0.2, 0.25) is 5.02 Å². The van der Waals surface area contributed by atoms with Crippen molar-refractivity contribution in [2.45, 2.75) is 63.1 Å². The second-order valence-electron chi connectivity index (χ2n) is 10.8. The molecule has 2 amide bonds. The quantitative estimate of drug-likeness (QED) is 0.314. The van der Waals surface area contributed by atoms with Crippen LogP contribution in [-0.4, -0.2) is 54.6 Å². The molecule has 1 atom stereocenters. The van der Waals surface area contributed by atoms with E-state index in [0.717, 1.165) is 11.1 Å². The molecule has 0 saturated heterocycles. The first-order valence-electron chi connectivity index (χ1n) is 13.3. The van der Waals surface area contributed by atoms with Crippen molar-refractivity contribution in [3.05, 3.63) is 101 Å². The van der Waals surface area contributed by atoms with Gasteiger partial charge >= 0.3 is 0 Å². The first-order valence-corrected chi connectivity index (χ1v) is 15.1. The monoisotopic (exact) mass is 583 g/mol. The van der Waals surface area contributed by atoms with Crippen LogP contribution in [0, 0.1) is 0 Å². The van der Waals surface area contributed by atoms with Crippen LogP contribution in [0.5, 0.6) is 0 Å². The van der Waals surface area contributed by atoms with Crippen LogP contribution in [0.15, 0.2) is 89.8 Å². The van der Waals surface area contributed by atoms with Gasteiger partial charge in [0.25, 0.3) is 0 Å². The maximum absolute atomic E-state index is 13.8. The van der Waals surface area contributed by atoms with E-state index in [1.165, 1.54) is 11.4 Å². The van der Waals surface area contributed by atoms with Gasteiger partial charge in [-0.2, -0.15) is 0 Å². The van der Waals surface area contributed by atoms with Crippen molar-refractivity contribution in [1.82, 2.24) is 14.5 Å². The van der Waals surface area contributed by atoms with Gasteiger partial charge < -0.3 is 10.2 Å². The van der Waals surface area contributed by atoms with Gasteiger partial charge in [-0.1, -0.05) is 78.3 Å². The summed E-state index contributed by atoms with van der Waals surface area (Å²) in [4.78, 5) is 29.2. The van der Waals surface area contributed by atoms with Gasteiger partial charge in [-0.25, -0.2) is 12.7 Å². The Morgan fingerprint density at radius 1 is 0.900 bits per heavy atom. The van der Waals surface area contributed by atoms with Crippen molar-refractivity contribution in [3.63, 3.8) is 0 Å². The van der Waals surface area contributed by atoms with Gasteiger partial charge in [0.15, 0.2) is 0 Å². The highest BCUT2D eigenvalue weighted by Crippen LogP contribution is 2.22. The molecule has 3 aromatic carbocycles. The van der Waals surface area contributed by atoms with Gasteiger partial charge in [-0.3, -0.25) is 9.59 Å². The lowest BCUT2D eigenvalue weighted by molar-refractivity contribution is -0.142. The minimum Gasteiger partial charge on any atom is -0.350 e. The van der Waals surface area contributed by atoms with Gasteiger partial charge in [-0.05, 0) is 56.5 Å². The van der Waals surface area contributed by atoms with E-state index in [1.807, 2.05) is 69.3 Å². The Hall–Kier alpha value is -3.20. The van der Waals surface area contributed by atoms with Crippen molar-refractivity contribution >= 4 is 33.4 Å². The van der Waals surface area contributed by atoms with Gasteiger partial charge in [0.1, 0.15) is 6.04 Å². The Bertz CT molecular complexity index is 1380. The maximum atomic E-state index is 13.8. The lowest BCUT2D eigenvalue weighted by atomic mass is 10.00. The van der Waals surface area contributed by atoms with Crippen molar-refractivity contribution < 1.29 is 18.0 Å². The Morgan fingerprint density at radius 3 is 2.08 bits per heavy atom. The molecule has 214 valence electrons. The maximum Gasteiger partial charge on any atom is 0.243 e. The van der Waals surface area contributed by atoms with Crippen LogP contribution in [0.4, 0.5) is 0 Å². The number of hydrogen-bond donors (Lipinski definition) is 1. The third-order valence-corrected chi connectivity index (χ3v) is 8.62. The summed E-state index contributed by atoms with van der Waals surface area (Å²) >= 11 is 6.47. The van der Waals surface area contributed by atoms with E-state index in [4.69, 9.17) is 11.6 Å². The largest absolute Gasteiger partial charge is 0.350 e. The zero-order valence-electron chi connectivity index (χ0n) is 23.5. The summed E-state index contributed by atoms with van der Waals surface area (Å²) in [6.45, 7) is 5.99. The third-order valence-electron chi connectivity index (χ3n) is 6.38. The van der Waals surface area contributed by atoms with Crippen LogP contribution in [0.3, 0.4) is 0 Å². The van der Waals surface area contributed by atoms with Crippen molar-refractivity contribution in [2.75, 3.05) is 13.6 Å². The fraction of sp³-hybridized carbons (Fsp3) is 0.355. The summed E-state index contributed by atoms with van der Waals surface area (Å²) in [5, 5.41) is 3.54. The molecule has 0 heterocycles. The van der Waals surface area contributed by atoms with Crippen molar-refractivity contribution in [1.29, 1.82) is 0 Å². The van der Waals surface area contributed by atoms with Crippen LogP contribution in [-0.2, 0) is 32.6 Å². The predicted molar refractivity (Wildman–Crippen MR) is 159 cm³/mol.